The van der Waals surface area contributed by atoms with Gasteiger partial charge >= 0.3 is 5.69 Å². The van der Waals surface area contributed by atoms with Crippen molar-refractivity contribution in [3.63, 3.8) is 0 Å². The molecule has 0 unspecified atom stereocenters. The van der Waals surface area contributed by atoms with E-state index in [1.807, 2.05) is 75.4 Å². The van der Waals surface area contributed by atoms with Crippen LogP contribution in [0.4, 0.5) is 17.2 Å². The number of carbonyl (C=O) groups is 1. The maximum atomic E-state index is 13.6. The fourth-order valence-corrected chi connectivity index (χ4v) is 3.91. The number of ether oxygens (including phenoxy) is 1. The van der Waals surface area contributed by atoms with Crippen molar-refractivity contribution >= 4 is 23.1 Å². The maximum absolute atomic E-state index is 13.6. The number of hydrogen-bond acceptors (Lipinski definition) is 6. The average Bonchev–Trinajstić information content (AvgIpc) is 2.84. The molecule has 0 atom stereocenters. The van der Waals surface area contributed by atoms with E-state index in [4.69, 9.17) is 10.5 Å². The fourth-order valence-electron chi connectivity index (χ4n) is 3.91. The third kappa shape index (κ3) is 6.35. The number of H-pyrrole nitrogens is 1. The Labute approximate surface area is 211 Å². The lowest BCUT2D eigenvalue weighted by Gasteiger charge is -2.28. The number of hydrogen-bond donors (Lipinski definition) is 2. The van der Waals surface area contributed by atoms with Crippen molar-refractivity contribution in [1.29, 1.82) is 0 Å². The molecule has 0 bridgehead atoms. The number of nitrogens with one attached hydrogen (secondary N) is 1. The van der Waals surface area contributed by atoms with Crippen LogP contribution in [-0.4, -0.2) is 35.6 Å². The second kappa shape index (κ2) is 12.1. The highest BCUT2D eigenvalue weighted by atomic mass is 16.5. The molecule has 0 fully saturated rings. The molecule has 0 saturated heterocycles. The first-order valence-corrected chi connectivity index (χ1v) is 12.2. The van der Waals surface area contributed by atoms with Crippen LogP contribution in [-0.2, 0) is 11.3 Å². The van der Waals surface area contributed by atoms with E-state index in [-0.39, 0.29) is 29.9 Å². The monoisotopic (exact) mass is 493 g/mol. The first-order chi connectivity index (χ1) is 17.2. The molecule has 1 heterocycles. The molecule has 0 spiro atoms. The number of amides is 1. The van der Waals surface area contributed by atoms with E-state index >= 15 is 0 Å². The number of nitrogens with two attached hydrogens (primary N) is 1. The molecule has 0 aliphatic carbocycles. The molecule has 2 aromatic carbocycles. The molecule has 1 amide bonds. The van der Waals surface area contributed by atoms with Crippen LogP contribution >= 0.6 is 0 Å². The Hall–Kier alpha value is -4.01. The largest absolute Gasteiger partial charge is 0.455 e. The highest BCUT2D eigenvalue weighted by Gasteiger charge is 2.25. The van der Waals surface area contributed by atoms with Crippen molar-refractivity contribution in [3.05, 3.63) is 75.4 Å². The van der Waals surface area contributed by atoms with Crippen LogP contribution < -0.4 is 31.5 Å². The number of benzene rings is 2. The number of nitrogens with zero attached hydrogens (tertiary/aromatic N) is 3. The molecule has 0 aliphatic rings. The average molecular weight is 494 g/mol. The van der Waals surface area contributed by atoms with Crippen LogP contribution in [0.25, 0.3) is 0 Å². The van der Waals surface area contributed by atoms with E-state index in [9.17, 15) is 14.4 Å². The second-order valence-electron chi connectivity index (χ2n) is 9.14. The minimum absolute atomic E-state index is 0.00244. The zero-order valence-electron chi connectivity index (χ0n) is 21.4. The zero-order chi connectivity index (χ0) is 26.2. The van der Waals surface area contributed by atoms with Gasteiger partial charge in [0.1, 0.15) is 11.6 Å². The third-order valence-corrected chi connectivity index (χ3v) is 5.69. The topological polar surface area (TPSA) is 114 Å². The molecule has 0 saturated carbocycles. The summed E-state index contributed by atoms with van der Waals surface area (Å²) in [6, 6.07) is 16.8. The molecular formula is C27H35N5O4. The van der Waals surface area contributed by atoms with Gasteiger partial charge in [0.15, 0.2) is 11.4 Å². The van der Waals surface area contributed by atoms with Gasteiger partial charge < -0.3 is 20.3 Å². The summed E-state index contributed by atoms with van der Waals surface area (Å²) >= 11 is 0. The third-order valence-electron chi connectivity index (χ3n) is 5.69. The minimum Gasteiger partial charge on any atom is -0.455 e. The van der Waals surface area contributed by atoms with Crippen LogP contribution in [0, 0.1) is 5.92 Å². The zero-order valence-corrected chi connectivity index (χ0v) is 21.4. The minimum atomic E-state index is -0.669. The molecule has 1 aromatic heterocycles. The highest BCUT2D eigenvalue weighted by Crippen LogP contribution is 2.31. The molecule has 0 radical (unpaired) electrons. The van der Waals surface area contributed by atoms with Gasteiger partial charge in [-0.2, -0.15) is 0 Å². The number of unbranched alkanes of at least 4 members (excludes halogenated alkanes) is 1. The van der Waals surface area contributed by atoms with Gasteiger partial charge in [0.05, 0.1) is 12.2 Å². The van der Waals surface area contributed by atoms with Gasteiger partial charge in [-0.3, -0.25) is 19.1 Å². The molecule has 3 rings (SSSR count). The van der Waals surface area contributed by atoms with Gasteiger partial charge in [0.2, 0.25) is 5.91 Å². The van der Waals surface area contributed by atoms with Crippen molar-refractivity contribution in [2.75, 3.05) is 35.7 Å². The lowest BCUT2D eigenvalue weighted by molar-refractivity contribution is -0.117. The number of rotatable bonds is 11. The Morgan fingerprint density at radius 3 is 2.42 bits per heavy atom. The predicted molar refractivity (Wildman–Crippen MR) is 144 cm³/mol. The number of carbonyl (C=O) groups excluding carboxylic acids is 1. The SMILES string of the molecule is CCCCN(C(=O)CN(C)c1ccccc1Oc1ccccc1)c1c(N)n(CC(C)C)c(=O)[nH]c1=O. The molecule has 3 N–H and O–H groups in total. The number of anilines is 3. The van der Waals surface area contributed by atoms with Gasteiger partial charge in [0, 0.05) is 20.1 Å². The van der Waals surface area contributed by atoms with Gasteiger partial charge in [-0.05, 0) is 36.6 Å². The Balaban J connectivity index is 1.93. The second-order valence-corrected chi connectivity index (χ2v) is 9.14. The van der Waals surface area contributed by atoms with Crippen molar-refractivity contribution in [2.24, 2.45) is 5.92 Å². The maximum Gasteiger partial charge on any atom is 0.330 e. The summed E-state index contributed by atoms with van der Waals surface area (Å²) in [5.41, 5.74) is 5.79. The van der Waals surface area contributed by atoms with Gasteiger partial charge in [-0.1, -0.05) is 57.5 Å². The van der Waals surface area contributed by atoms with Crippen molar-refractivity contribution in [1.82, 2.24) is 9.55 Å². The van der Waals surface area contributed by atoms with Crippen molar-refractivity contribution in [3.8, 4) is 11.5 Å². The van der Waals surface area contributed by atoms with Crippen LogP contribution in [0.5, 0.6) is 11.5 Å². The Morgan fingerprint density at radius 2 is 1.75 bits per heavy atom. The Morgan fingerprint density at radius 1 is 1.08 bits per heavy atom. The van der Waals surface area contributed by atoms with Crippen LogP contribution in [0.1, 0.15) is 33.6 Å². The molecule has 9 nitrogen and oxygen atoms in total. The highest BCUT2D eigenvalue weighted by molar-refractivity contribution is 5.98. The molecule has 192 valence electrons. The van der Waals surface area contributed by atoms with Crippen LogP contribution in [0.3, 0.4) is 0 Å². The molecule has 0 aliphatic heterocycles. The van der Waals surface area contributed by atoms with Crippen molar-refractivity contribution in [2.45, 2.75) is 40.2 Å². The molecule has 3 aromatic rings. The quantitative estimate of drug-likeness (QED) is 0.420. The van der Waals surface area contributed by atoms with E-state index in [2.05, 4.69) is 4.98 Å². The summed E-state index contributed by atoms with van der Waals surface area (Å²) in [4.78, 5) is 44.3. The smallest absolute Gasteiger partial charge is 0.330 e. The fraction of sp³-hybridized carbons (Fsp3) is 0.370. The first-order valence-electron chi connectivity index (χ1n) is 12.2. The lowest BCUT2D eigenvalue weighted by atomic mass is 10.2. The number of aromatic amines is 1. The van der Waals surface area contributed by atoms with Gasteiger partial charge in [-0.15, -0.1) is 0 Å². The normalized spacial score (nSPS) is 10.9. The molecule has 9 heteroatoms. The van der Waals surface area contributed by atoms with Gasteiger partial charge in [-0.25, -0.2) is 4.79 Å². The summed E-state index contributed by atoms with van der Waals surface area (Å²) in [5.74, 6) is 1.09. The van der Waals surface area contributed by atoms with Crippen LogP contribution in [0.15, 0.2) is 64.2 Å². The van der Waals surface area contributed by atoms with E-state index in [1.54, 1.807) is 11.9 Å². The standard InChI is InChI=1S/C27H35N5O4/c1-5-6-16-31(24-25(28)32(17-19(2)3)27(35)29-26(24)34)23(33)18-30(4)21-14-10-11-15-22(21)36-20-12-8-7-9-13-20/h7-15,19H,5-6,16-18,28H2,1-4H3,(H,29,34,35). The Kier molecular flexibility index (Phi) is 8.94. The molecular weight excluding hydrogens is 458 g/mol. The van der Waals surface area contributed by atoms with Gasteiger partial charge in [0.25, 0.3) is 5.56 Å². The summed E-state index contributed by atoms with van der Waals surface area (Å²) in [6.45, 7) is 6.49. The number of para-hydroxylation sites is 3. The summed E-state index contributed by atoms with van der Waals surface area (Å²) in [7, 11) is 1.79. The van der Waals surface area contributed by atoms with E-state index in [1.165, 1.54) is 9.47 Å². The van der Waals surface area contributed by atoms with E-state index in [0.717, 1.165) is 12.1 Å². The van der Waals surface area contributed by atoms with Crippen LogP contribution in [0.2, 0.25) is 0 Å². The number of nitrogen functional groups attached to an aromatic ring is 1. The Bertz CT molecular complexity index is 1280. The lowest BCUT2D eigenvalue weighted by Crippen LogP contribution is -2.45. The molecule has 36 heavy (non-hydrogen) atoms. The summed E-state index contributed by atoms with van der Waals surface area (Å²) < 4.78 is 7.37. The van der Waals surface area contributed by atoms with Crippen molar-refractivity contribution < 1.29 is 9.53 Å². The summed E-state index contributed by atoms with van der Waals surface area (Å²) in [5, 5.41) is 0. The number of aromatic nitrogens is 2. The predicted octanol–water partition coefficient (Wildman–Crippen LogP) is 3.84. The van der Waals surface area contributed by atoms with E-state index < -0.39 is 11.2 Å². The number of likely N-dealkylation sites (N-methyl/N-ethyl adjacent to an activating group) is 1. The summed E-state index contributed by atoms with van der Waals surface area (Å²) in [6.07, 6.45) is 1.49. The first kappa shape index (κ1) is 26.6. The van der Waals surface area contributed by atoms with E-state index in [0.29, 0.717) is 31.0 Å².